The molecule has 0 atom stereocenters. The quantitative estimate of drug-likeness (QED) is 0.731. The molecule has 2 heterocycles. The van der Waals surface area contributed by atoms with Crippen molar-refractivity contribution < 1.29 is 0 Å². The van der Waals surface area contributed by atoms with Crippen LogP contribution in [0, 0.1) is 0 Å². The second-order valence-electron chi connectivity index (χ2n) is 4.99. The summed E-state index contributed by atoms with van der Waals surface area (Å²) < 4.78 is 1.73. The summed E-state index contributed by atoms with van der Waals surface area (Å²) in [4.78, 5) is 8.80. The number of nitrogens with zero attached hydrogens (tertiary/aromatic N) is 4. The number of hydrogen-bond acceptors (Lipinski definition) is 3. The van der Waals surface area contributed by atoms with Crippen LogP contribution in [0.4, 0.5) is 0 Å². The molecule has 4 nitrogen and oxygen atoms in total. The Morgan fingerprint density at radius 3 is 2.47 bits per heavy atom. The van der Waals surface area contributed by atoms with Crippen molar-refractivity contribution in [1.29, 1.82) is 0 Å². The minimum atomic E-state index is -0.0556. The van der Waals surface area contributed by atoms with Gasteiger partial charge >= 0.3 is 0 Å². The zero-order valence-electron chi connectivity index (χ0n) is 10.4. The normalized spacial score (nSPS) is 11.8. The first-order chi connectivity index (χ1) is 7.88. The average molecular weight is 251 g/mol. The van der Waals surface area contributed by atoms with Crippen LogP contribution in [0.25, 0.3) is 11.5 Å². The molecule has 0 N–H and O–H groups in total. The molecule has 0 amide bonds. The van der Waals surface area contributed by atoms with E-state index in [0.717, 1.165) is 11.4 Å². The van der Waals surface area contributed by atoms with Gasteiger partial charge in [-0.1, -0.05) is 32.4 Å². The Bertz CT molecular complexity index is 540. The fourth-order valence-electron chi connectivity index (χ4n) is 1.51. The highest BCUT2D eigenvalue weighted by molar-refractivity contribution is 6.29. The minimum Gasteiger partial charge on any atom is -0.265 e. The Kier molecular flexibility index (Phi) is 2.91. The zero-order chi connectivity index (χ0) is 12.6. The first-order valence-electron chi connectivity index (χ1n) is 5.41. The molecule has 5 heteroatoms. The molecule has 0 fully saturated rings. The van der Waals surface area contributed by atoms with Crippen molar-refractivity contribution in [3.05, 3.63) is 29.2 Å². The van der Waals surface area contributed by atoms with Crippen LogP contribution in [0.5, 0.6) is 0 Å². The number of hydrogen-bond donors (Lipinski definition) is 0. The van der Waals surface area contributed by atoms with E-state index in [1.165, 1.54) is 0 Å². The highest BCUT2D eigenvalue weighted by Gasteiger charge is 2.18. The van der Waals surface area contributed by atoms with E-state index in [-0.39, 0.29) is 5.41 Å². The fraction of sp³-hybridized carbons (Fsp3) is 0.417. The Balaban J connectivity index is 2.57. The number of aromatic nitrogens is 4. The van der Waals surface area contributed by atoms with Gasteiger partial charge in [0.25, 0.3) is 0 Å². The molecule has 90 valence electrons. The van der Waals surface area contributed by atoms with Gasteiger partial charge in [0.2, 0.25) is 0 Å². The van der Waals surface area contributed by atoms with Gasteiger partial charge in [0.05, 0.1) is 5.69 Å². The van der Waals surface area contributed by atoms with Crippen molar-refractivity contribution in [3.8, 4) is 11.5 Å². The van der Waals surface area contributed by atoms with Gasteiger partial charge in [0.15, 0.2) is 5.82 Å². The van der Waals surface area contributed by atoms with Gasteiger partial charge in [0, 0.05) is 18.7 Å². The summed E-state index contributed by atoms with van der Waals surface area (Å²) in [5, 5.41) is 4.57. The van der Waals surface area contributed by atoms with Gasteiger partial charge in [-0.3, -0.25) is 4.68 Å². The Hall–Kier alpha value is -1.42. The van der Waals surface area contributed by atoms with E-state index in [1.807, 2.05) is 13.1 Å². The second kappa shape index (κ2) is 4.11. The number of halogens is 1. The van der Waals surface area contributed by atoms with Crippen molar-refractivity contribution in [2.75, 3.05) is 0 Å². The number of rotatable bonds is 1. The molecule has 0 unspecified atom stereocenters. The van der Waals surface area contributed by atoms with Crippen LogP contribution in [-0.2, 0) is 12.5 Å². The molecular weight excluding hydrogens is 236 g/mol. The van der Waals surface area contributed by atoms with Crippen molar-refractivity contribution in [2.45, 2.75) is 26.2 Å². The first-order valence-corrected chi connectivity index (χ1v) is 5.79. The van der Waals surface area contributed by atoms with Crippen LogP contribution in [-0.4, -0.2) is 19.7 Å². The van der Waals surface area contributed by atoms with Crippen molar-refractivity contribution in [1.82, 2.24) is 19.7 Å². The van der Waals surface area contributed by atoms with Crippen LogP contribution in [0.15, 0.2) is 18.3 Å². The van der Waals surface area contributed by atoms with Crippen molar-refractivity contribution >= 4 is 11.6 Å². The van der Waals surface area contributed by atoms with Gasteiger partial charge in [-0.2, -0.15) is 5.10 Å². The molecule has 2 rings (SSSR count). The Labute approximate surface area is 106 Å². The third-order valence-electron chi connectivity index (χ3n) is 2.51. The molecular formula is C12H15ClN4. The van der Waals surface area contributed by atoms with Crippen LogP contribution >= 0.6 is 11.6 Å². The van der Waals surface area contributed by atoms with Crippen LogP contribution in [0.2, 0.25) is 5.15 Å². The predicted molar refractivity (Wildman–Crippen MR) is 67.9 cm³/mol. The van der Waals surface area contributed by atoms with E-state index >= 15 is 0 Å². The van der Waals surface area contributed by atoms with Gasteiger partial charge in [-0.05, 0) is 12.1 Å². The highest BCUT2D eigenvalue weighted by atomic mass is 35.5. The molecule has 0 aromatic carbocycles. The maximum atomic E-state index is 6.04. The summed E-state index contributed by atoms with van der Waals surface area (Å²) in [5.74, 6) is 0.613. The maximum absolute atomic E-state index is 6.04. The fourth-order valence-corrected chi connectivity index (χ4v) is 1.69. The van der Waals surface area contributed by atoms with E-state index in [0.29, 0.717) is 11.0 Å². The van der Waals surface area contributed by atoms with Crippen molar-refractivity contribution in [2.24, 2.45) is 7.05 Å². The largest absolute Gasteiger partial charge is 0.265 e. The molecule has 0 spiro atoms. The standard InChI is InChI=1S/C12H15ClN4/c1-12(2,3)9-7-10(13)16-11(15-9)8-5-6-14-17(8)4/h5-7H,1-4H3. The summed E-state index contributed by atoms with van der Waals surface area (Å²) in [6.07, 6.45) is 1.72. The third kappa shape index (κ3) is 2.47. The van der Waals surface area contributed by atoms with Crippen LogP contribution in [0.3, 0.4) is 0 Å². The lowest BCUT2D eigenvalue weighted by Gasteiger charge is -2.18. The number of aryl methyl sites for hydroxylation is 1. The van der Waals surface area contributed by atoms with Crippen LogP contribution < -0.4 is 0 Å². The van der Waals surface area contributed by atoms with Gasteiger partial charge in [0.1, 0.15) is 10.8 Å². The zero-order valence-corrected chi connectivity index (χ0v) is 11.2. The smallest absolute Gasteiger partial charge is 0.179 e. The molecule has 17 heavy (non-hydrogen) atoms. The molecule has 0 aliphatic rings. The minimum absolute atomic E-state index is 0.0556. The molecule has 0 saturated carbocycles. The highest BCUT2D eigenvalue weighted by Crippen LogP contribution is 2.25. The molecule has 0 radical (unpaired) electrons. The average Bonchev–Trinajstić information content (AvgIpc) is 2.62. The summed E-state index contributed by atoms with van der Waals surface area (Å²) in [5.41, 5.74) is 1.73. The van der Waals surface area contributed by atoms with E-state index < -0.39 is 0 Å². The summed E-state index contributed by atoms with van der Waals surface area (Å²) in [7, 11) is 1.86. The monoisotopic (exact) mass is 250 g/mol. The van der Waals surface area contributed by atoms with E-state index in [1.54, 1.807) is 16.9 Å². The second-order valence-corrected chi connectivity index (χ2v) is 5.38. The van der Waals surface area contributed by atoms with E-state index in [9.17, 15) is 0 Å². The van der Waals surface area contributed by atoms with Gasteiger partial charge in [-0.25, -0.2) is 9.97 Å². The lowest BCUT2D eigenvalue weighted by atomic mass is 9.92. The summed E-state index contributed by atoms with van der Waals surface area (Å²) >= 11 is 6.04. The van der Waals surface area contributed by atoms with Gasteiger partial charge < -0.3 is 0 Å². The Morgan fingerprint density at radius 1 is 1.24 bits per heavy atom. The van der Waals surface area contributed by atoms with Crippen molar-refractivity contribution in [3.63, 3.8) is 0 Å². The van der Waals surface area contributed by atoms with Gasteiger partial charge in [-0.15, -0.1) is 0 Å². The Morgan fingerprint density at radius 2 is 1.94 bits per heavy atom. The lowest BCUT2D eigenvalue weighted by molar-refractivity contribution is 0.567. The SMILES string of the molecule is Cn1nccc1-c1nc(Cl)cc(C(C)(C)C)n1. The summed E-state index contributed by atoms with van der Waals surface area (Å²) in [6.45, 7) is 6.29. The topological polar surface area (TPSA) is 43.6 Å². The predicted octanol–water partition coefficient (Wildman–Crippen LogP) is 2.83. The third-order valence-corrected chi connectivity index (χ3v) is 2.71. The van der Waals surface area contributed by atoms with E-state index in [2.05, 4.69) is 35.8 Å². The van der Waals surface area contributed by atoms with E-state index in [4.69, 9.17) is 11.6 Å². The molecule has 2 aromatic rings. The molecule has 0 aliphatic carbocycles. The molecule has 0 bridgehead atoms. The lowest BCUT2D eigenvalue weighted by Crippen LogP contribution is -2.15. The molecule has 0 saturated heterocycles. The molecule has 2 aromatic heterocycles. The molecule has 0 aliphatic heterocycles. The maximum Gasteiger partial charge on any atom is 0.179 e. The van der Waals surface area contributed by atoms with Crippen LogP contribution in [0.1, 0.15) is 26.5 Å². The summed E-state index contributed by atoms with van der Waals surface area (Å²) in [6, 6.07) is 3.68. The first kappa shape index (κ1) is 12.0.